The lowest BCUT2D eigenvalue weighted by Gasteiger charge is -1.82. The van der Waals surface area contributed by atoms with Gasteiger partial charge < -0.3 is 5.73 Å². The third-order valence-corrected chi connectivity index (χ3v) is 0.306. The molecule has 0 saturated heterocycles. The van der Waals surface area contributed by atoms with Crippen molar-refractivity contribution in [2.24, 2.45) is 11.1 Å². The first-order valence-electron chi connectivity index (χ1n) is 1.54. The quantitative estimate of drug-likeness (QED) is 0.366. The lowest BCUT2D eigenvalue weighted by Crippen LogP contribution is -2.13. The summed E-state index contributed by atoms with van der Waals surface area (Å²) in [6.07, 6.45) is 0. The van der Waals surface area contributed by atoms with Gasteiger partial charge in [-0.25, -0.2) is 4.79 Å². The number of rotatable bonds is 2. The van der Waals surface area contributed by atoms with E-state index in [4.69, 9.17) is 4.91 Å². The van der Waals surface area contributed by atoms with Crippen LogP contribution in [-0.4, -0.2) is 12.5 Å². The van der Waals surface area contributed by atoms with Crippen LogP contribution in [0.4, 0.5) is 0 Å². The Hall–Kier alpha value is -0.970. The molecule has 0 aliphatic rings. The number of hydrogen-bond acceptors (Lipinski definition) is 5. The van der Waals surface area contributed by atoms with Gasteiger partial charge in [0.15, 0.2) is 5.34 Å². The van der Waals surface area contributed by atoms with Crippen molar-refractivity contribution in [1.82, 2.24) is 0 Å². The summed E-state index contributed by atoms with van der Waals surface area (Å²) < 4.78 is 0. The van der Waals surface area contributed by atoms with Crippen LogP contribution in [0.25, 0.3) is 0 Å². The van der Waals surface area contributed by atoms with E-state index in [0.29, 0.717) is 0 Å². The highest BCUT2D eigenvalue weighted by Gasteiger charge is 1.94. The molecule has 0 spiro atoms. The van der Waals surface area contributed by atoms with Crippen molar-refractivity contribution in [1.29, 1.82) is 0 Å². The smallest absolute Gasteiger partial charge is 0.321 e. The molecule has 0 saturated carbocycles. The zero-order valence-corrected chi connectivity index (χ0v) is 3.46. The first kappa shape index (κ1) is 6.03. The van der Waals surface area contributed by atoms with Gasteiger partial charge in [-0.1, -0.05) is 0 Å². The molecule has 0 rings (SSSR count). The molecule has 0 bridgehead atoms. The summed E-state index contributed by atoms with van der Waals surface area (Å²) in [7, 11) is 0. The van der Waals surface area contributed by atoms with Crippen LogP contribution in [0.3, 0.4) is 0 Å². The highest BCUT2D eigenvalue weighted by molar-refractivity contribution is 5.70. The van der Waals surface area contributed by atoms with Crippen LogP contribution < -0.4 is 5.73 Å². The van der Waals surface area contributed by atoms with Crippen molar-refractivity contribution in [2.45, 2.75) is 0 Å². The third kappa shape index (κ3) is 2.84. The zero-order chi connectivity index (χ0) is 5.70. The van der Waals surface area contributed by atoms with Crippen molar-refractivity contribution in [2.75, 3.05) is 6.54 Å². The maximum Gasteiger partial charge on any atom is 0.351 e. The van der Waals surface area contributed by atoms with Crippen LogP contribution in [-0.2, 0) is 9.63 Å². The van der Waals surface area contributed by atoms with Crippen molar-refractivity contribution >= 4 is 5.97 Å². The maximum atomic E-state index is 9.77. The second kappa shape index (κ2) is 3.23. The lowest BCUT2D eigenvalue weighted by atomic mass is 10.7. The number of nitrogens with zero attached hydrogens (tertiary/aromatic N) is 1. The van der Waals surface area contributed by atoms with E-state index in [-0.39, 0.29) is 6.54 Å². The fourth-order valence-corrected chi connectivity index (χ4v) is 0.0788. The van der Waals surface area contributed by atoms with E-state index in [1.165, 1.54) is 0 Å². The van der Waals surface area contributed by atoms with Gasteiger partial charge in [0, 0.05) is 0 Å². The van der Waals surface area contributed by atoms with Crippen LogP contribution in [0.1, 0.15) is 0 Å². The Kier molecular flexibility index (Phi) is 2.78. The summed E-state index contributed by atoms with van der Waals surface area (Å²) in [4.78, 5) is 22.3. The van der Waals surface area contributed by atoms with Gasteiger partial charge in [-0.2, -0.15) is 0 Å². The molecule has 0 aliphatic carbocycles. The molecular formula is C2H4N2O3. The molecule has 0 amide bonds. The Morgan fingerprint density at radius 2 is 2.43 bits per heavy atom. The average molecular weight is 104 g/mol. The Morgan fingerprint density at radius 3 is 2.57 bits per heavy atom. The summed E-state index contributed by atoms with van der Waals surface area (Å²) in [5, 5.41) is 1.83. The molecule has 7 heavy (non-hydrogen) atoms. The SMILES string of the molecule is NCC(=O)ON=O. The van der Waals surface area contributed by atoms with Gasteiger partial charge >= 0.3 is 5.97 Å². The van der Waals surface area contributed by atoms with Gasteiger partial charge in [-0.15, -0.1) is 4.91 Å². The van der Waals surface area contributed by atoms with Crippen LogP contribution in [0.15, 0.2) is 5.34 Å². The minimum absolute atomic E-state index is 0.314. The third-order valence-electron chi connectivity index (χ3n) is 0.306. The molecule has 2 N–H and O–H groups in total. The topological polar surface area (TPSA) is 81.8 Å². The van der Waals surface area contributed by atoms with Crippen molar-refractivity contribution in [3.05, 3.63) is 4.91 Å². The van der Waals surface area contributed by atoms with E-state index in [0.717, 1.165) is 0 Å². The Balaban J connectivity index is 3.17. The van der Waals surface area contributed by atoms with Gasteiger partial charge in [0.2, 0.25) is 0 Å². The van der Waals surface area contributed by atoms with Gasteiger partial charge in [-0.3, -0.25) is 4.84 Å². The minimum Gasteiger partial charge on any atom is -0.321 e. The largest absolute Gasteiger partial charge is 0.351 e. The van der Waals surface area contributed by atoms with Gasteiger partial charge in [0.05, 0.1) is 6.54 Å². The van der Waals surface area contributed by atoms with E-state index in [9.17, 15) is 4.79 Å². The molecule has 0 heterocycles. The predicted octanol–water partition coefficient (Wildman–Crippen LogP) is -0.830. The summed E-state index contributed by atoms with van der Waals surface area (Å²) >= 11 is 0. The first-order chi connectivity index (χ1) is 3.31. The number of hydrogen-bond donors (Lipinski definition) is 1. The molecular weight excluding hydrogens is 100 g/mol. The molecule has 40 valence electrons. The Labute approximate surface area is 39.4 Å². The molecule has 0 aromatic rings. The second-order valence-corrected chi connectivity index (χ2v) is 0.742. The van der Waals surface area contributed by atoms with Crippen LogP contribution in [0.5, 0.6) is 0 Å². The number of carbonyl (C=O) groups is 1. The van der Waals surface area contributed by atoms with Crippen molar-refractivity contribution in [3.8, 4) is 0 Å². The molecule has 5 heteroatoms. The molecule has 0 aliphatic heterocycles. The van der Waals surface area contributed by atoms with Crippen LogP contribution >= 0.6 is 0 Å². The summed E-state index contributed by atoms with van der Waals surface area (Å²) in [5.41, 5.74) is 4.68. The first-order valence-corrected chi connectivity index (χ1v) is 1.54. The van der Waals surface area contributed by atoms with E-state index in [2.05, 4.69) is 10.6 Å². The molecule has 0 radical (unpaired) electrons. The fraction of sp³-hybridized carbons (Fsp3) is 0.500. The molecule has 0 fully saturated rings. The average Bonchev–Trinajstić information content (AvgIpc) is 1.68. The lowest BCUT2D eigenvalue weighted by molar-refractivity contribution is -0.142. The molecule has 0 unspecified atom stereocenters. The Morgan fingerprint density at radius 1 is 1.86 bits per heavy atom. The zero-order valence-electron chi connectivity index (χ0n) is 3.46. The predicted molar refractivity (Wildman–Crippen MR) is 20.9 cm³/mol. The van der Waals surface area contributed by atoms with E-state index in [1.54, 1.807) is 0 Å². The van der Waals surface area contributed by atoms with Crippen LogP contribution in [0.2, 0.25) is 0 Å². The van der Waals surface area contributed by atoms with E-state index >= 15 is 0 Å². The molecule has 0 aromatic heterocycles. The van der Waals surface area contributed by atoms with E-state index < -0.39 is 5.97 Å². The summed E-state index contributed by atoms with van der Waals surface area (Å²) in [6.45, 7) is -0.314. The highest BCUT2D eigenvalue weighted by atomic mass is 16.7. The summed E-state index contributed by atoms with van der Waals surface area (Å²) in [5.74, 6) is -0.824. The van der Waals surface area contributed by atoms with E-state index in [1.807, 2.05) is 5.34 Å². The Bertz CT molecular complexity index is 81.0. The molecule has 5 nitrogen and oxygen atoms in total. The van der Waals surface area contributed by atoms with Gasteiger partial charge in [0.25, 0.3) is 0 Å². The van der Waals surface area contributed by atoms with Crippen molar-refractivity contribution < 1.29 is 9.63 Å². The standard InChI is InChI=1S/C2H4N2O3/c3-1-2(5)7-4-6/h1,3H2. The highest BCUT2D eigenvalue weighted by Crippen LogP contribution is 1.70. The number of nitrogens with two attached hydrogens (primary N) is 1. The molecule has 0 atom stereocenters. The van der Waals surface area contributed by atoms with Crippen LogP contribution in [0, 0.1) is 4.91 Å². The monoisotopic (exact) mass is 104 g/mol. The van der Waals surface area contributed by atoms with Gasteiger partial charge in [-0.05, 0) is 0 Å². The van der Waals surface area contributed by atoms with Gasteiger partial charge in [0.1, 0.15) is 0 Å². The minimum atomic E-state index is -0.824. The fourth-order valence-electron chi connectivity index (χ4n) is 0.0788. The maximum absolute atomic E-state index is 9.77. The summed E-state index contributed by atoms with van der Waals surface area (Å²) in [6, 6.07) is 0. The second-order valence-electron chi connectivity index (χ2n) is 0.742. The normalized spacial score (nSPS) is 7.57. The number of carbonyl (C=O) groups excluding carboxylic acids is 1. The van der Waals surface area contributed by atoms with Crippen molar-refractivity contribution in [3.63, 3.8) is 0 Å². The molecule has 0 aromatic carbocycles.